The first-order valence-corrected chi connectivity index (χ1v) is 7.19. The number of phenols is 1. The SMILES string of the molecule is O=C(NC1CCc2c(O)cccc21)N1CCC[C@H]1CO. The zero-order valence-electron chi connectivity index (χ0n) is 11.4. The standard InChI is InChI=1S/C15H20N2O3/c18-9-10-3-2-8-17(10)15(20)16-13-7-6-12-11(13)4-1-5-14(12)19/h1,4-5,10,13,18-19H,2-3,6-9H2,(H,16,20)/t10-,13?/m0/s1. The number of aromatic hydroxyl groups is 1. The zero-order chi connectivity index (χ0) is 14.1. The van der Waals surface area contributed by atoms with Crippen molar-refractivity contribution in [2.75, 3.05) is 13.2 Å². The van der Waals surface area contributed by atoms with Crippen LogP contribution in [-0.4, -0.2) is 40.3 Å². The number of rotatable bonds is 2. The molecular formula is C15H20N2O3. The van der Waals surface area contributed by atoms with Gasteiger partial charge in [0.2, 0.25) is 0 Å². The van der Waals surface area contributed by atoms with E-state index in [0.29, 0.717) is 12.3 Å². The van der Waals surface area contributed by atoms with E-state index in [4.69, 9.17) is 0 Å². The minimum atomic E-state index is -0.109. The lowest BCUT2D eigenvalue weighted by Crippen LogP contribution is -2.45. The number of hydrogen-bond donors (Lipinski definition) is 3. The van der Waals surface area contributed by atoms with E-state index in [0.717, 1.165) is 36.8 Å². The van der Waals surface area contributed by atoms with Crippen LogP contribution in [0.5, 0.6) is 5.75 Å². The number of benzene rings is 1. The molecule has 2 aliphatic rings. The molecule has 1 heterocycles. The molecule has 3 rings (SSSR count). The van der Waals surface area contributed by atoms with Gasteiger partial charge >= 0.3 is 6.03 Å². The Kier molecular flexibility index (Phi) is 3.53. The molecule has 0 aromatic heterocycles. The van der Waals surface area contributed by atoms with Crippen LogP contribution in [-0.2, 0) is 6.42 Å². The number of amides is 2. The van der Waals surface area contributed by atoms with Gasteiger partial charge in [0.05, 0.1) is 18.7 Å². The molecule has 1 aromatic carbocycles. The molecule has 1 aliphatic carbocycles. The first-order chi connectivity index (χ1) is 9.70. The molecule has 2 amide bonds. The fourth-order valence-electron chi connectivity index (χ4n) is 3.31. The Hall–Kier alpha value is -1.75. The molecule has 5 nitrogen and oxygen atoms in total. The fraction of sp³-hybridized carbons (Fsp3) is 0.533. The van der Waals surface area contributed by atoms with Crippen molar-refractivity contribution in [2.24, 2.45) is 0 Å². The van der Waals surface area contributed by atoms with Crippen molar-refractivity contribution < 1.29 is 15.0 Å². The second kappa shape index (κ2) is 5.32. The maximum atomic E-state index is 12.3. The van der Waals surface area contributed by atoms with Gasteiger partial charge in [0.1, 0.15) is 5.75 Å². The summed E-state index contributed by atoms with van der Waals surface area (Å²) in [5.74, 6) is 0.314. The minimum absolute atomic E-state index is 0.0233. The van der Waals surface area contributed by atoms with Gasteiger partial charge in [-0.3, -0.25) is 0 Å². The average Bonchev–Trinajstić information content (AvgIpc) is 3.06. The number of likely N-dealkylation sites (tertiary alicyclic amines) is 1. The quantitative estimate of drug-likeness (QED) is 0.767. The van der Waals surface area contributed by atoms with Crippen LogP contribution in [0.4, 0.5) is 4.79 Å². The summed E-state index contributed by atoms with van der Waals surface area (Å²) < 4.78 is 0. The molecule has 0 spiro atoms. The second-order valence-corrected chi connectivity index (χ2v) is 5.56. The maximum Gasteiger partial charge on any atom is 0.318 e. The smallest absolute Gasteiger partial charge is 0.318 e. The molecule has 20 heavy (non-hydrogen) atoms. The van der Waals surface area contributed by atoms with E-state index in [1.165, 1.54) is 0 Å². The predicted molar refractivity (Wildman–Crippen MR) is 74.5 cm³/mol. The van der Waals surface area contributed by atoms with E-state index in [-0.39, 0.29) is 24.7 Å². The van der Waals surface area contributed by atoms with Gasteiger partial charge in [-0.1, -0.05) is 12.1 Å². The van der Waals surface area contributed by atoms with Gasteiger partial charge < -0.3 is 20.4 Å². The lowest BCUT2D eigenvalue weighted by Gasteiger charge is -2.25. The summed E-state index contributed by atoms with van der Waals surface area (Å²) in [6.07, 6.45) is 3.42. The Balaban J connectivity index is 1.71. The van der Waals surface area contributed by atoms with E-state index in [2.05, 4.69) is 5.32 Å². The lowest BCUT2D eigenvalue weighted by molar-refractivity contribution is 0.154. The molecule has 0 bridgehead atoms. The van der Waals surface area contributed by atoms with Crippen LogP contribution in [0.2, 0.25) is 0 Å². The fourth-order valence-corrected chi connectivity index (χ4v) is 3.31. The summed E-state index contributed by atoms with van der Waals surface area (Å²) in [6, 6.07) is 5.25. The zero-order valence-corrected chi connectivity index (χ0v) is 11.4. The molecule has 5 heteroatoms. The van der Waals surface area contributed by atoms with Gasteiger partial charge in [-0.2, -0.15) is 0 Å². The molecule has 1 aliphatic heterocycles. The monoisotopic (exact) mass is 276 g/mol. The van der Waals surface area contributed by atoms with E-state index in [1.54, 1.807) is 11.0 Å². The van der Waals surface area contributed by atoms with E-state index < -0.39 is 0 Å². The molecular weight excluding hydrogens is 256 g/mol. The number of carbonyl (C=O) groups excluding carboxylic acids is 1. The van der Waals surface area contributed by atoms with Gasteiger partial charge in [0.25, 0.3) is 0 Å². The minimum Gasteiger partial charge on any atom is -0.508 e. The number of aliphatic hydroxyl groups is 1. The number of phenolic OH excluding ortho intramolecular Hbond substituents is 1. The number of nitrogens with zero attached hydrogens (tertiary/aromatic N) is 1. The third-order valence-corrected chi connectivity index (χ3v) is 4.39. The van der Waals surface area contributed by atoms with Gasteiger partial charge in [0.15, 0.2) is 0 Å². The molecule has 1 unspecified atom stereocenters. The summed E-state index contributed by atoms with van der Waals surface area (Å²) in [5, 5.41) is 22.1. The second-order valence-electron chi connectivity index (χ2n) is 5.56. The lowest BCUT2D eigenvalue weighted by atomic mass is 10.1. The molecule has 2 atom stereocenters. The van der Waals surface area contributed by atoms with Crippen LogP contribution >= 0.6 is 0 Å². The largest absolute Gasteiger partial charge is 0.508 e. The van der Waals surface area contributed by atoms with Crippen molar-refractivity contribution in [1.82, 2.24) is 10.2 Å². The highest BCUT2D eigenvalue weighted by molar-refractivity contribution is 5.75. The van der Waals surface area contributed by atoms with Crippen molar-refractivity contribution in [1.29, 1.82) is 0 Å². The Labute approximate surface area is 118 Å². The number of fused-ring (bicyclic) bond motifs is 1. The predicted octanol–water partition coefficient (Wildman–Crippen LogP) is 1.55. The van der Waals surface area contributed by atoms with Crippen LogP contribution < -0.4 is 5.32 Å². The highest BCUT2D eigenvalue weighted by Gasteiger charge is 2.31. The van der Waals surface area contributed by atoms with Crippen LogP contribution in [0.25, 0.3) is 0 Å². The van der Waals surface area contributed by atoms with Crippen LogP contribution in [0.15, 0.2) is 18.2 Å². The first-order valence-electron chi connectivity index (χ1n) is 7.19. The molecule has 1 fully saturated rings. The molecule has 1 saturated heterocycles. The average molecular weight is 276 g/mol. The Morgan fingerprint density at radius 1 is 1.40 bits per heavy atom. The number of nitrogens with one attached hydrogen (secondary N) is 1. The number of urea groups is 1. The number of aliphatic hydroxyl groups excluding tert-OH is 1. The molecule has 108 valence electrons. The Morgan fingerprint density at radius 2 is 2.25 bits per heavy atom. The third-order valence-electron chi connectivity index (χ3n) is 4.39. The normalized spacial score (nSPS) is 24.8. The third kappa shape index (κ3) is 2.22. The van der Waals surface area contributed by atoms with Gasteiger partial charge in [0, 0.05) is 6.54 Å². The van der Waals surface area contributed by atoms with Crippen molar-refractivity contribution in [3.63, 3.8) is 0 Å². The number of carbonyl (C=O) groups is 1. The first kappa shape index (κ1) is 13.2. The molecule has 0 radical (unpaired) electrons. The van der Waals surface area contributed by atoms with Crippen molar-refractivity contribution >= 4 is 6.03 Å². The Morgan fingerprint density at radius 3 is 3.05 bits per heavy atom. The van der Waals surface area contributed by atoms with Crippen molar-refractivity contribution in [2.45, 2.75) is 37.8 Å². The van der Waals surface area contributed by atoms with Crippen LogP contribution in [0.1, 0.15) is 36.4 Å². The summed E-state index contributed by atoms with van der Waals surface area (Å²) in [7, 11) is 0. The topological polar surface area (TPSA) is 72.8 Å². The van der Waals surface area contributed by atoms with Gasteiger partial charge in [-0.15, -0.1) is 0 Å². The summed E-state index contributed by atoms with van der Waals surface area (Å²) >= 11 is 0. The van der Waals surface area contributed by atoms with Crippen LogP contribution in [0, 0.1) is 0 Å². The van der Waals surface area contributed by atoms with Crippen molar-refractivity contribution in [3.8, 4) is 5.75 Å². The molecule has 0 saturated carbocycles. The summed E-state index contributed by atoms with van der Waals surface area (Å²) in [6.45, 7) is 0.728. The van der Waals surface area contributed by atoms with Crippen LogP contribution in [0.3, 0.4) is 0 Å². The van der Waals surface area contributed by atoms with Gasteiger partial charge in [-0.25, -0.2) is 4.79 Å². The van der Waals surface area contributed by atoms with Crippen molar-refractivity contribution in [3.05, 3.63) is 29.3 Å². The Bertz CT molecular complexity index is 518. The van der Waals surface area contributed by atoms with E-state index in [9.17, 15) is 15.0 Å². The van der Waals surface area contributed by atoms with E-state index in [1.807, 2.05) is 12.1 Å². The summed E-state index contributed by atoms with van der Waals surface area (Å²) in [5.41, 5.74) is 1.95. The molecule has 1 aromatic rings. The highest BCUT2D eigenvalue weighted by Crippen LogP contribution is 2.36. The van der Waals surface area contributed by atoms with E-state index >= 15 is 0 Å². The van der Waals surface area contributed by atoms with Gasteiger partial charge in [-0.05, 0) is 42.9 Å². The maximum absolute atomic E-state index is 12.3. The molecule has 3 N–H and O–H groups in total. The number of hydrogen-bond acceptors (Lipinski definition) is 3. The summed E-state index contributed by atoms with van der Waals surface area (Å²) in [4.78, 5) is 14.0. The highest BCUT2D eigenvalue weighted by atomic mass is 16.3.